The minimum Gasteiger partial charge on any atom is -0.307 e. The van der Waals surface area contributed by atoms with Crippen molar-refractivity contribution in [3.8, 4) is 0 Å². The molecule has 158 valence electrons. The van der Waals surface area contributed by atoms with Crippen LogP contribution in [-0.4, -0.2) is 33.2 Å². The summed E-state index contributed by atoms with van der Waals surface area (Å²) in [5.74, 6) is 0. The molecule has 0 saturated carbocycles. The average Bonchev–Trinajstić information content (AvgIpc) is 2.77. The van der Waals surface area contributed by atoms with E-state index in [1.807, 2.05) is 61.4 Å². The van der Waals surface area contributed by atoms with Gasteiger partial charge in [-0.25, -0.2) is 5.43 Å². The van der Waals surface area contributed by atoms with Gasteiger partial charge in [-0.1, -0.05) is 108 Å². The molecule has 0 unspecified atom stereocenters. The molecule has 0 aliphatic heterocycles. The number of nitrogens with one attached hydrogen (secondary N) is 1. The summed E-state index contributed by atoms with van der Waals surface area (Å²) in [5, 5.41) is 1.50. The molecule has 0 fully saturated rings. The predicted octanol–water partition coefficient (Wildman–Crippen LogP) is 5.41. The number of hydrogen-bond donors (Lipinski definition) is 1. The van der Waals surface area contributed by atoms with Crippen molar-refractivity contribution >= 4 is 6.79 Å². The molecular formula is C25H36N2O2. The van der Waals surface area contributed by atoms with Gasteiger partial charge in [0.05, 0.1) is 7.11 Å². The van der Waals surface area contributed by atoms with Gasteiger partial charge < -0.3 is 4.79 Å². The quantitative estimate of drug-likeness (QED) is 0.588. The molecule has 0 amide bonds. The lowest BCUT2D eigenvalue weighted by Gasteiger charge is -2.08. The first-order chi connectivity index (χ1) is 14.0. The molecule has 0 radical (unpaired) electrons. The van der Waals surface area contributed by atoms with Gasteiger partial charge in [0.2, 0.25) is 0 Å². The second-order valence-corrected chi connectivity index (χ2v) is 5.87. The number of hydrogen-bond acceptors (Lipinski definition) is 4. The highest BCUT2D eigenvalue weighted by atomic mass is 16.7. The average molecular weight is 397 g/mol. The molecule has 3 rings (SSSR count). The zero-order chi connectivity index (χ0) is 22.3. The van der Waals surface area contributed by atoms with Crippen LogP contribution in [0.15, 0.2) is 91.0 Å². The molecule has 1 N–H and O–H groups in total. The highest BCUT2D eigenvalue weighted by Gasteiger charge is 1.79. The molecule has 4 nitrogen and oxygen atoms in total. The fraction of sp³-hybridized carbons (Fsp3) is 0.240. The van der Waals surface area contributed by atoms with E-state index in [9.17, 15) is 0 Å². The highest BCUT2D eigenvalue weighted by molar-refractivity contribution is 5.13. The molecule has 3 aromatic carbocycles. The van der Waals surface area contributed by atoms with Crippen LogP contribution in [0.1, 0.15) is 16.7 Å². The van der Waals surface area contributed by atoms with Crippen molar-refractivity contribution in [1.29, 1.82) is 0 Å². The summed E-state index contributed by atoms with van der Waals surface area (Å²) in [6.45, 7) is 8.25. The largest absolute Gasteiger partial charge is 0.307 e. The number of hydrazine groups is 1. The first-order valence-corrected chi connectivity index (χ1v) is 9.28. The topological polar surface area (TPSA) is 41.6 Å². The number of carbonyl (C=O) groups is 1. The molecule has 0 aliphatic carbocycles. The number of carbonyl (C=O) groups excluding carboxylic acids is 1. The molecule has 0 aromatic heterocycles. The highest BCUT2D eigenvalue weighted by Crippen LogP contribution is 1.93. The maximum Gasteiger partial charge on any atom is 0.106 e. The normalized spacial score (nSPS) is 8.52. The maximum absolute atomic E-state index is 8.00. The van der Waals surface area contributed by atoms with Crippen LogP contribution in [0.25, 0.3) is 0 Å². The minimum atomic E-state index is 1.32. The number of benzene rings is 3. The Hall–Kier alpha value is -2.79. The molecule has 0 heterocycles. The van der Waals surface area contributed by atoms with Gasteiger partial charge in [-0.2, -0.15) is 0 Å². The molecule has 0 saturated heterocycles. The van der Waals surface area contributed by atoms with Crippen molar-refractivity contribution in [3.05, 3.63) is 108 Å². The first kappa shape index (κ1) is 28.4. The van der Waals surface area contributed by atoms with Crippen LogP contribution in [0.3, 0.4) is 0 Å². The lowest BCUT2D eigenvalue weighted by atomic mass is 10.2. The molecule has 0 aliphatic rings. The molecule has 4 heteroatoms. The van der Waals surface area contributed by atoms with Crippen LogP contribution >= 0.6 is 0 Å². The van der Waals surface area contributed by atoms with Gasteiger partial charge in [0, 0.05) is 14.1 Å². The van der Waals surface area contributed by atoms with E-state index in [0.717, 1.165) is 0 Å². The zero-order valence-corrected chi connectivity index (χ0v) is 18.6. The monoisotopic (exact) mass is 396 g/mol. The summed E-state index contributed by atoms with van der Waals surface area (Å²) in [7, 11) is 5.15. The number of hydroxylamine groups is 1. The van der Waals surface area contributed by atoms with Crippen molar-refractivity contribution in [2.24, 2.45) is 0 Å². The standard InChI is InChI=1S/3C7H8.C3H10N2O.CH2O/c3*1-7-5-3-2-4-6-7;1-4-5(2)6-3;1-2/h3*2-6H,1H3;4H,1-3H3;1H2. The van der Waals surface area contributed by atoms with E-state index >= 15 is 0 Å². The van der Waals surface area contributed by atoms with Crippen molar-refractivity contribution in [2.75, 3.05) is 21.2 Å². The van der Waals surface area contributed by atoms with Gasteiger partial charge in [0.15, 0.2) is 0 Å². The summed E-state index contributed by atoms with van der Waals surface area (Å²) in [6.07, 6.45) is 0. The second kappa shape index (κ2) is 21.5. The third-order valence-electron chi connectivity index (χ3n) is 3.41. The van der Waals surface area contributed by atoms with E-state index in [2.05, 4.69) is 67.4 Å². The van der Waals surface area contributed by atoms with E-state index < -0.39 is 0 Å². The van der Waals surface area contributed by atoms with Crippen LogP contribution in [-0.2, 0) is 9.63 Å². The molecule has 0 atom stereocenters. The first-order valence-electron chi connectivity index (χ1n) is 9.28. The van der Waals surface area contributed by atoms with E-state index in [1.54, 1.807) is 21.2 Å². The van der Waals surface area contributed by atoms with E-state index in [4.69, 9.17) is 4.79 Å². The Morgan fingerprint density at radius 3 is 0.966 bits per heavy atom. The second-order valence-electron chi connectivity index (χ2n) is 5.87. The van der Waals surface area contributed by atoms with Gasteiger partial charge >= 0.3 is 0 Å². The predicted molar refractivity (Wildman–Crippen MR) is 124 cm³/mol. The molecular weight excluding hydrogens is 360 g/mol. The van der Waals surface area contributed by atoms with Crippen molar-refractivity contribution in [3.63, 3.8) is 0 Å². The Morgan fingerprint density at radius 1 is 0.655 bits per heavy atom. The Morgan fingerprint density at radius 2 is 0.897 bits per heavy atom. The van der Waals surface area contributed by atoms with Crippen molar-refractivity contribution < 1.29 is 9.63 Å². The number of aryl methyl sites for hydroxylation is 3. The fourth-order valence-corrected chi connectivity index (χ4v) is 1.69. The smallest absolute Gasteiger partial charge is 0.106 e. The van der Waals surface area contributed by atoms with Crippen molar-refractivity contribution in [1.82, 2.24) is 10.6 Å². The number of nitrogens with zero attached hydrogens (tertiary/aromatic N) is 1. The Labute approximate surface area is 177 Å². The third-order valence-corrected chi connectivity index (χ3v) is 3.41. The van der Waals surface area contributed by atoms with Crippen LogP contribution in [0.4, 0.5) is 0 Å². The van der Waals surface area contributed by atoms with Gasteiger partial charge in [-0.3, -0.25) is 4.84 Å². The summed E-state index contributed by atoms with van der Waals surface area (Å²) in [4.78, 5) is 12.6. The van der Waals surface area contributed by atoms with E-state index in [1.165, 1.54) is 21.9 Å². The maximum atomic E-state index is 8.00. The lowest BCUT2D eigenvalue weighted by Crippen LogP contribution is -2.29. The molecule has 0 bridgehead atoms. The fourth-order valence-electron chi connectivity index (χ4n) is 1.69. The summed E-state index contributed by atoms with van der Waals surface area (Å²) >= 11 is 0. The number of rotatable bonds is 2. The van der Waals surface area contributed by atoms with E-state index in [0.29, 0.717) is 0 Å². The molecule has 0 spiro atoms. The van der Waals surface area contributed by atoms with Gasteiger partial charge in [0.1, 0.15) is 6.79 Å². The molecule has 3 aromatic rings. The van der Waals surface area contributed by atoms with Crippen LogP contribution < -0.4 is 5.43 Å². The SMILES string of the molecule is C=O.CNN(C)OC.Cc1ccccc1.Cc1ccccc1.Cc1ccccc1. The summed E-state index contributed by atoms with van der Waals surface area (Å²) < 4.78 is 0. The Bertz CT molecular complexity index is 584. The minimum absolute atomic E-state index is 1.32. The summed E-state index contributed by atoms with van der Waals surface area (Å²) in [5.41, 5.74) is 6.69. The van der Waals surface area contributed by atoms with Crippen LogP contribution in [0.2, 0.25) is 0 Å². The summed E-state index contributed by atoms with van der Waals surface area (Å²) in [6, 6.07) is 30.8. The van der Waals surface area contributed by atoms with Crippen LogP contribution in [0, 0.1) is 20.8 Å². The third kappa shape index (κ3) is 21.4. The van der Waals surface area contributed by atoms with Crippen molar-refractivity contribution in [2.45, 2.75) is 20.8 Å². The Balaban J connectivity index is 0. The molecule has 29 heavy (non-hydrogen) atoms. The van der Waals surface area contributed by atoms with Crippen LogP contribution in [0.5, 0.6) is 0 Å². The lowest BCUT2D eigenvalue weighted by molar-refractivity contribution is -0.143. The van der Waals surface area contributed by atoms with Gasteiger partial charge in [-0.15, -0.1) is 5.17 Å². The van der Waals surface area contributed by atoms with Gasteiger partial charge in [0.25, 0.3) is 0 Å². The zero-order valence-electron chi connectivity index (χ0n) is 18.6. The van der Waals surface area contributed by atoms with E-state index in [-0.39, 0.29) is 0 Å². The van der Waals surface area contributed by atoms with Gasteiger partial charge in [-0.05, 0) is 20.8 Å². The Kier molecular flexibility index (Phi) is 21.1.